The molecule has 2 aromatic rings. The van der Waals surface area contributed by atoms with Gasteiger partial charge in [-0.1, -0.05) is 29.8 Å². The molecule has 1 aromatic carbocycles. The molecule has 0 atom stereocenters. The molecule has 0 spiro atoms. The molecule has 0 unspecified atom stereocenters. The van der Waals surface area contributed by atoms with Gasteiger partial charge in [-0.15, -0.1) is 0 Å². The highest BCUT2D eigenvalue weighted by molar-refractivity contribution is 6.33. The molecule has 0 aliphatic carbocycles. The maximum absolute atomic E-state index is 6.01. The van der Waals surface area contributed by atoms with E-state index >= 15 is 0 Å². The van der Waals surface area contributed by atoms with Crippen LogP contribution >= 0.6 is 11.6 Å². The van der Waals surface area contributed by atoms with Gasteiger partial charge in [0.15, 0.2) is 0 Å². The van der Waals surface area contributed by atoms with Crippen LogP contribution < -0.4 is 0 Å². The molecule has 1 heterocycles. The number of hydrogen-bond donors (Lipinski definition) is 0. The van der Waals surface area contributed by atoms with Crippen LogP contribution in [-0.4, -0.2) is 10.2 Å². The Morgan fingerprint density at radius 3 is 2.54 bits per heavy atom. The largest absolute Gasteiger partial charge is 0.159 e. The van der Waals surface area contributed by atoms with Gasteiger partial charge >= 0.3 is 0 Å². The number of benzene rings is 1. The zero-order valence-electron chi connectivity index (χ0n) is 6.81. The molecule has 0 fully saturated rings. The minimum absolute atomic E-state index is 0.732. The third kappa shape index (κ3) is 1.68. The van der Waals surface area contributed by atoms with Gasteiger partial charge in [-0.25, -0.2) is 0 Å². The first-order valence-corrected chi connectivity index (χ1v) is 4.27. The van der Waals surface area contributed by atoms with Crippen LogP contribution in [-0.2, 0) is 0 Å². The fraction of sp³-hybridized carbons (Fsp3) is 0. The first kappa shape index (κ1) is 8.20. The Balaban J connectivity index is 2.54. The number of hydrogen-bond acceptors (Lipinski definition) is 2. The van der Waals surface area contributed by atoms with Crippen molar-refractivity contribution in [2.75, 3.05) is 0 Å². The molecule has 0 amide bonds. The van der Waals surface area contributed by atoms with Crippen molar-refractivity contribution in [1.82, 2.24) is 10.2 Å². The van der Waals surface area contributed by atoms with E-state index in [2.05, 4.69) is 10.2 Å². The summed E-state index contributed by atoms with van der Waals surface area (Å²) in [5.41, 5.74) is 1.97. The average Bonchev–Trinajstić information content (AvgIpc) is 2.20. The molecular formula is C10H7ClN2. The van der Waals surface area contributed by atoms with Gasteiger partial charge in [0.1, 0.15) is 0 Å². The molecule has 64 valence electrons. The summed E-state index contributed by atoms with van der Waals surface area (Å²) in [5, 5.41) is 8.23. The second-order valence-electron chi connectivity index (χ2n) is 2.61. The summed E-state index contributed by atoms with van der Waals surface area (Å²) in [6.45, 7) is 0. The van der Waals surface area contributed by atoms with Crippen molar-refractivity contribution in [2.45, 2.75) is 0 Å². The van der Waals surface area contributed by atoms with E-state index in [9.17, 15) is 0 Å². The smallest absolute Gasteiger partial charge is 0.0575 e. The van der Waals surface area contributed by atoms with Crippen molar-refractivity contribution >= 4 is 11.6 Å². The Labute approximate surface area is 81.2 Å². The Bertz CT molecular complexity index is 401. The van der Waals surface area contributed by atoms with Crippen LogP contribution in [0.4, 0.5) is 0 Å². The van der Waals surface area contributed by atoms with Crippen LogP contribution in [0.3, 0.4) is 0 Å². The zero-order chi connectivity index (χ0) is 9.10. The lowest BCUT2D eigenvalue weighted by Gasteiger charge is -2.01. The molecule has 0 saturated heterocycles. The van der Waals surface area contributed by atoms with Crippen LogP contribution in [0, 0.1) is 0 Å². The number of aromatic nitrogens is 2. The molecule has 0 radical (unpaired) electrons. The Kier molecular flexibility index (Phi) is 2.23. The standard InChI is InChI=1S/C10H7ClN2/c11-10-4-2-1-3-9(10)8-5-6-12-13-7-8/h1-7H. The van der Waals surface area contributed by atoms with E-state index in [1.807, 2.05) is 30.3 Å². The van der Waals surface area contributed by atoms with Crippen molar-refractivity contribution in [2.24, 2.45) is 0 Å². The highest BCUT2D eigenvalue weighted by Gasteiger charge is 2.00. The van der Waals surface area contributed by atoms with Crippen molar-refractivity contribution in [1.29, 1.82) is 0 Å². The summed E-state index contributed by atoms with van der Waals surface area (Å²) >= 11 is 6.01. The predicted octanol–water partition coefficient (Wildman–Crippen LogP) is 2.80. The first-order chi connectivity index (χ1) is 6.38. The maximum Gasteiger partial charge on any atom is 0.0575 e. The summed E-state index contributed by atoms with van der Waals surface area (Å²) in [6, 6.07) is 9.55. The Morgan fingerprint density at radius 2 is 1.85 bits per heavy atom. The Morgan fingerprint density at radius 1 is 1.00 bits per heavy atom. The van der Waals surface area contributed by atoms with Crippen LogP contribution in [0.25, 0.3) is 11.1 Å². The molecule has 0 aliphatic rings. The normalized spacial score (nSPS) is 9.92. The molecule has 0 bridgehead atoms. The van der Waals surface area contributed by atoms with Gasteiger partial charge in [0.2, 0.25) is 0 Å². The average molecular weight is 191 g/mol. The van der Waals surface area contributed by atoms with Gasteiger partial charge in [0, 0.05) is 16.1 Å². The van der Waals surface area contributed by atoms with Crippen LogP contribution in [0.1, 0.15) is 0 Å². The molecule has 2 rings (SSSR count). The van der Waals surface area contributed by atoms with Crippen LogP contribution in [0.5, 0.6) is 0 Å². The summed E-state index contributed by atoms with van der Waals surface area (Å²) < 4.78 is 0. The molecule has 1 aromatic heterocycles. The predicted molar refractivity (Wildman–Crippen MR) is 52.5 cm³/mol. The number of nitrogens with zero attached hydrogens (tertiary/aromatic N) is 2. The van der Waals surface area contributed by atoms with Crippen molar-refractivity contribution < 1.29 is 0 Å². The second-order valence-corrected chi connectivity index (χ2v) is 3.02. The summed E-state index contributed by atoms with van der Waals surface area (Å²) in [7, 11) is 0. The molecular weight excluding hydrogens is 184 g/mol. The third-order valence-electron chi connectivity index (χ3n) is 1.77. The topological polar surface area (TPSA) is 25.8 Å². The van der Waals surface area contributed by atoms with Gasteiger partial charge in [0.25, 0.3) is 0 Å². The first-order valence-electron chi connectivity index (χ1n) is 3.89. The van der Waals surface area contributed by atoms with E-state index in [1.165, 1.54) is 0 Å². The molecule has 0 saturated carbocycles. The monoisotopic (exact) mass is 190 g/mol. The van der Waals surface area contributed by atoms with Gasteiger partial charge in [-0.2, -0.15) is 10.2 Å². The zero-order valence-corrected chi connectivity index (χ0v) is 7.57. The van der Waals surface area contributed by atoms with E-state index in [0.717, 1.165) is 16.1 Å². The van der Waals surface area contributed by atoms with Crippen molar-refractivity contribution in [3.05, 3.63) is 47.7 Å². The van der Waals surface area contributed by atoms with E-state index in [1.54, 1.807) is 12.4 Å². The van der Waals surface area contributed by atoms with E-state index in [4.69, 9.17) is 11.6 Å². The van der Waals surface area contributed by atoms with Gasteiger partial charge in [-0.3, -0.25) is 0 Å². The van der Waals surface area contributed by atoms with E-state index in [-0.39, 0.29) is 0 Å². The van der Waals surface area contributed by atoms with Crippen LogP contribution in [0.15, 0.2) is 42.7 Å². The van der Waals surface area contributed by atoms with Crippen molar-refractivity contribution in [3.63, 3.8) is 0 Å². The molecule has 0 N–H and O–H groups in total. The third-order valence-corrected chi connectivity index (χ3v) is 2.10. The summed E-state index contributed by atoms with van der Waals surface area (Å²) in [6.07, 6.45) is 3.35. The van der Waals surface area contributed by atoms with Crippen LogP contribution in [0.2, 0.25) is 5.02 Å². The minimum Gasteiger partial charge on any atom is -0.159 e. The molecule has 13 heavy (non-hydrogen) atoms. The summed E-state index contributed by atoms with van der Waals surface area (Å²) in [5.74, 6) is 0. The quantitative estimate of drug-likeness (QED) is 0.691. The molecule has 3 heteroatoms. The van der Waals surface area contributed by atoms with Crippen molar-refractivity contribution in [3.8, 4) is 11.1 Å². The fourth-order valence-corrected chi connectivity index (χ4v) is 1.39. The fourth-order valence-electron chi connectivity index (χ4n) is 1.15. The lowest BCUT2D eigenvalue weighted by Crippen LogP contribution is -1.82. The van der Waals surface area contributed by atoms with E-state index in [0.29, 0.717) is 0 Å². The Hall–Kier alpha value is -1.41. The number of rotatable bonds is 1. The summed E-state index contributed by atoms with van der Waals surface area (Å²) in [4.78, 5) is 0. The molecule has 2 nitrogen and oxygen atoms in total. The minimum atomic E-state index is 0.732. The van der Waals surface area contributed by atoms with Gasteiger partial charge in [0.05, 0.1) is 12.4 Å². The highest BCUT2D eigenvalue weighted by Crippen LogP contribution is 2.25. The lowest BCUT2D eigenvalue weighted by molar-refractivity contribution is 1.03. The molecule has 0 aliphatic heterocycles. The SMILES string of the molecule is Clc1ccccc1-c1ccnnc1. The highest BCUT2D eigenvalue weighted by atomic mass is 35.5. The number of halogens is 1. The second kappa shape index (κ2) is 3.54. The maximum atomic E-state index is 6.01. The van der Waals surface area contributed by atoms with Gasteiger partial charge in [-0.05, 0) is 12.1 Å². The van der Waals surface area contributed by atoms with E-state index < -0.39 is 0 Å². The lowest BCUT2D eigenvalue weighted by atomic mass is 10.1. The van der Waals surface area contributed by atoms with Gasteiger partial charge < -0.3 is 0 Å².